The van der Waals surface area contributed by atoms with E-state index in [1.54, 1.807) is 36.4 Å². The van der Waals surface area contributed by atoms with Gasteiger partial charge in [-0.3, -0.25) is 4.79 Å². The van der Waals surface area contributed by atoms with E-state index >= 15 is 0 Å². The van der Waals surface area contributed by atoms with Gasteiger partial charge >= 0.3 is 0 Å². The molecule has 0 saturated carbocycles. The Bertz CT molecular complexity index is 1070. The summed E-state index contributed by atoms with van der Waals surface area (Å²) in [6.07, 6.45) is 1.32. The molecule has 1 heterocycles. The van der Waals surface area contributed by atoms with Crippen molar-refractivity contribution in [2.45, 2.75) is 0 Å². The quantitative estimate of drug-likeness (QED) is 0.443. The van der Waals surface area contributed by atoms with Crippen molar-refractivity contribution in [1.29, 1.82) is 5.26 Å². The average Bonchev–Trinajstić information content (AvgIpc) is 2.95. The highest BCUT2D eigenvalue weighted by Crippen LogP contribution is 2.34. The summed E-state index contributed by atoms with van der Waals surface area (Å²) in [6, 6.07) is 14.2. The van der Waals surface area contributed by atoms with Crippen LogP contribution in [0.2, 0.25) is 5.02 Å². The normalized spacial score (nSPS) is 11.2. The number of rotatable bonds is 4. The van der Waals surface area contributed by atoms with E-state index in [1.807, 2.05) is 12.1 Å². The number of ether oxygens (including phenoxy) is 1. The summed E-state index contributed by atoms with van der Waals surface area (Å²) in [5, 5.41) is 13.0. The molecule has 5 nitrogen and oxygen atoms in total. The Morgan fingerprint density at radius 1 is 1.35 bits per heavy atom. The number of amides is 1. The first-order valence-electron chi connectivity index (χ1n) is 7.47. The van der Waals surface area contributed by atoms with E-state index in [0.29, 0.717) is 27.4 Å². The van der Waals surface area contributed by atoms with E-state index in [4.69, 9.17) is 20.8 Å². The van der Waals surface area contributed by atoms with E-state index in [2.05, 4.69) is 21.2 Å². The molecular formula is C19H12BrClN2O3. The average molecular weight is 432 g/mol. The molecule has 0 aliphatic heterocycles. The van der Waals surface area contributed by atoms with Gasteiger partial charge in [0.15, 0.2) is 0 Å². The monoisotopic (exact) mass is 430 g/mol. The summed E-state index contributed by atoms with van der Waals surface area (Å²) in [7, 11) is 1.50. The lowest BCUT2D eigenvalue weighted by atomic mass is 10.2. The van der Waals surface area contributed by atoms with Gasteiger partial charge in [0, 0.05) is 15.9 Å². The van der Waals surface area contributed by atoms with Crippen molar-refractivity contribution < 1.29 is 13.9 Å². The Balaban J connectivity index is 1.94. The molecule has 3 aromatic rings. The Morgan fingerprint density at radius 2 is 2.12 bits per heavy atom. The summed E-state index contributed by atoms with van der Waals surface area (Å²) in [4.78, 5) is 12.4. The van der Waals surface area contributed by atoms with Crippen LogP contribution in [0.3, 0.4) is 0 Å². The number of halogens is 2. The van der Waals surface area contributed by atoms with Gasteiger partial charge in [-0.2, -0.15) is 5.26 Å². The molecule has 0 aliphatic carbocycles. The van der Waals surface area contributed by atoms with E-state index in [0.717, 1.165) is 4.47 Å². The summed E-state index contributed by atoms with van der Waals surface area (Å²) >= 11 is 9.69. The molecule has 0 fully saturated rings. The van der Waals surface area contributed by atoms with Crippen LogP contribution in [0, 0.1) is 11.3 Å². The van der Waals surface area contributed by atoms with E-state index in [9.17, 15) is 10.1 Å². The molecule has 1 amide bonds. The fourth-order valence-electron chi connectivity index (χ4n) is 2.37. The minimum Gasteiger partial charge on any atom is -0.495 e. The van der Waals surface area contributed by atoms with Gasteiger partial charge < -0.3 is 14.5 Å². The second-order valence-electron chi connectivity index (χ2n) is 5.25. The smallest absolute Gasteiger partial charge is 0.266 e. The number of fused-ring (bicyclic) bond motifs is 1. The fraction of sp³-hybridized carbons (Fsp3) is 0.0526. The Hall–Kier alpha value is -2.75. The minimum atomic E-state index is -0.588. The highest BCUT2D eigenvalue weighted by molar-refractivity contribution is 9.10. The van der Waals surface area contributed by atoms with Crippen molar-refractivity contribution in [3.8, 4) is 11.8 Å². The number of nitrogens with one attached hydrogen (secondary N) is 1. The van der Waals surface area contributed by atoms with Crippen molar-refractivity contribution in [2.75, 3.05) is 12.4 Å². The molecule has 0 spiro atoms. The van der Waals surface area contributed by atoms with Crippen molar-refractivity contribution in [2.24, 2.45) is 0 Å². The summed E-state index contributed by atoms with van der Waals surface area (Å²) in [6.45, 7) is 0. The molecule has 2 aromatic carbocycles. The molecule has 7 heteroatoms. The zero-order chi connectivity index (χ0) is 18.7. The van der Waals surface area contributed by atoms with Crippen molar-refractivity contribution in [3.05, 3.63) is 63.3 Å². The first kappa shape index (κ1) is 18.1. The number of carbonyl (C=O) groups is 1. The Labute approximate surface area is 162 Å². The Morgan fingerprint density at radius 3 is 2.85 bits per heavy atom. The second kappa shape index (κ2) is 7.65. The molecule has 0 radical (unpaired) electrons. The lowest BCUT2D eigenvalue weighted by Crippen LogP contribution is -2.14. The van der Waals surface area contributed by atoms with E-state index in [-0.39, 0.29) is 11.3 Å². The van der Waals surface area contributed by atoms with Gasteiger partial charge in [0.2, 0.25) is 0 Å². The molecule has 1 aromatic heterocycles. The minimum absolute atomic E-state index is 0.143. The van der Waals surface area contributed by atoms with Crippen LogP contribution in [0.1, 0.15) is 5.76 Å². The summed E-state index contributed by atoms with van der Waals surface area (Å²) in [5.41, 5.74) is 0.878. The SMILES string of the molecule is COc1ccccc1NC(=O)/C(C#N)=C/c1oc2ccc(Br)cc2c1Cl. The number of para-hydroxylation sites is 2. The third-order valence-corrected chi connectivity index (χ3v) is 4.49. The molecule has 0 atom stereocenters. The van der Waals surface area contributed by atoms with Gasteiger partial charge in [0.05, 0.1) is 17.8 Å². The predicted molar refractivity (Wildman–Crippen MR) is 104 cm³/mol. The van der Waals surface area contributed by atoms with Crippen LogP contribution in [0.4, 0.5) is 5.69 Å². The van der Waals surface area contributed by atoms with Gasteiger partial charge in [-0.05, 0) is 30.3 Å². The third kappa shape index (κ3) is 3.59. The fourth-order valence-corrected chi connectivity index (χ4v) is 2.97. The number of anilines is 1. The van der Waals surface area contributed by atoms with Crippen LogP contribution in [-0.2, 0) is 4.79 Å². The zero-order valence-electron chi connectivity index (χ0n) is 13.5. The van der Waals surface area contributed by atoms with Gasteiger partial charge in [0.25, 0.3) is 5.91 Å². The van der Waals surface area contributed by atoms with Gasteiger partial charge in [0.1, 0.15) is 28.7 Å². The van der Waals surface area contributed by atoms with E-state index in [1.165, 1.54) is 13.2 Å². The number of carbonyl (C=O) groups excluding carboxylic acids is 1. The number of methoxy groups -OCH3 is 1. The third-order valence-electron chi connectivity index (χ3n) is 3.61. The maximum absolute atomic E-state index is 12.4. The molecule has 0 bridgehead atoms. The van der Waals surface area contributed by atoms with Crippen LogP contribution in [0.25, 0.3) is 17.0 Å². The summed E-state index contributed by atoms with van der Waals surface area (Å²) < 4.78 is 11.7. The molecule has 0 aliphatic rings. The molecule has 0 unspecified atom stereocenters. The van der Waals surface area contributed by atoms with Crippen molar-refractivity contribution in [1.82, 2.24) is 0 Å². The molecule has 130 valence electrons. The first-order valence-corrected chi connectivity index (χ1v) is 8.64. The molecule has 0 saturated heterocycles. The Kier molecular flexibility index (Phi) is 5.31. The standard InChI is InChI=1S/C19H12BrClN2O3/c1-25-16-5-3-2-4-14(16)23-19(24)11(10-22)8-17-18(21)13-9-12(20)6-7-15(13)26-17/h2-9H,1H3,(H,23,24)/b11-8+. The maximum Gasteiger partial charge on any atom is 0.266 e. The lowest BCUT2D eigenvalue weighted by molar-refractivity contribution is -0.112. The number of nitrogens with zero attached hydrogens (tertiary/aromatic N) is 1. The number of benzene rings is 2. The van der Waals surface area contributed by atoms with Crippen LogP contribution >= 0.6 is 27.5 Å². The zero-order valence-corrected chi connectivity index (χ0v) is 15.9. The predicted octanol–water partition coefficient (Wildman–Crippen LogP) is 5.40. The first-order chi connectivity index (χ1) is 12.5. The molecular weight excluding hydrogens is 420 g/mol. The van der Waals surface area contributed by atoms with Crippen LogP contribution in [-0.4, -0.2) is 13.0 Å². The topological polar surface area (TPSA) is 75.3 Å². The largest absolute Gasteiger partial charge is 0.495 e. The van der Waals surface area contributed by atoms with E-state index < -0.39 is 5.91 Å². The number of furan rings is 1. The summed E-state index contributed by atoms with van der Waals surface area (Å²) in [5.74, 6) is 0.144. The number of hydrogen-bond acceptors (Lipinski definition) is 4. The van der Waals surface area contributed by atoms with Crippen molar-refractivity contribution >= 4 is 56.2 Å². The highest BCUT2D eigenvalue weighted by Gasteiger charge is 2.16. The number of nitriles is 1. The highest BCUT2D eigenvalue weighted by atomic mass is 79.9. The second-order valence-corrected chi connectivity index (χ2v) is 6.54. The lowest BCUT2D eigenvalue weighted by Gasteiger charge is -2.08. The van der Waals surface area contributed by atoms with Gasteiger partial charge in [-0.25, -0.2) is 0 Å². The molecule has 26 heavy (non-hydrogen) atoms. The van der Waals surface area contributed by atoms with Crippen molar-refractivity contribution in [3.63, 3.8) is 0 Å². The van der Waals surface area contributed by atoms with Crippen LogP contribution < -0.4 is 10.1 Å². The molecule has 3 rings (SSSR count). The van der Waals surface area contributed by atoms with Gasteiger partial charge in [-0.1, -0.05) is 39.7 Å². The molecule has 1 N–H and O–H groups in total. The van der Waals surface area contributed by atoms with Crippen LogP contribution in [0.5, 0.6) is 5.75 Å². The van der Waals surface area contributed by atoms with Gasteiger partial charge in [-0.15, -0.1) is 0 Å². The maximum atomic E-state index is 12.4. The number of hydrogen-bond donors (Lipinski definition) is 1. The van der Waals surface area contributed by atoms with Crippen LogP contribution in [0.15, 0.2) is 56.9 Å².